The molecular formula is C7H12N2O. The second-order valence-electron chi connectivity index (χ2n) is 2.59. The molecule has 3 nitrogen and oxygen atoms in total. The van der Waals surface area contributed by atoms with E-state index < -0.39 is 0 Å². The second kappa shape index (κ2) is 2.73. The first kappa shape index (κ1) is 7.12. The molecule has 1 amide bonds. The SMILES string of the molecule is NC=C1CCCC1C(N)=O. The molecule has 0 aromatic heterocycles. The predicted octanol–water partition coefficient (Wildman–Crippen LogP) is 0.114. The highest BCUT2D eigenvalue weighted by Crippen LogP contribution is 2.29. The lowest BCUT2D eigenvalue weighted by Crippen LogP contribution is -2.22. The average Bonchev–Trinajstić information content (AvgIpc) is 2.33. The maximum absolute atomic E-state index is 10.7. The third-order valence-electron chi connectivity index (χ3n) is 1.96. The Kier molecular flexibility index (Phi) is 1.94. The lowest BCUT2D eigenvalue weighted by atomic mass is 10.0. The number of primary amides is 1. The van der Waals surface area contributed by atoms with Gasteiger partial charge in [-0.15, -0.1) is 0 Å². The molecular weight excluding hydrogens is 128 g/mol. The molecule has 1 fully saturated rings. The number of nitrogens with two attached hydrogens (primary N) is 2. The van der Waals surface area contributed by atoms with Crippen LogP contribution < -0.4 is 11.5 Å². The molecule has 0 heterocycles. The van der Waals surface area contributed by atoms with Crippen LogP contribution in [0.3, 0.4) is 0 Å². The predicted molar refractivity (Wildman–Crippen MR) is 38.8 cm³/mol. The molecule has 0 aromatic carbocycles. The van der Waals surface area contributed by atoms with Crippen LogP contribution in [0.25, 0.3) is 0 Å². The number of rotatable bonds is 1. The van der Waals surface area contributed by atoms with Gasteiger partial charge in [-0.25, -0.2) is 0 Å². The van der Waals surface area contributed by atoms with Crippen LogP contribution >= 0.6 is 0 Å². The van der Waals surface area contributed by atoms with E-state index in [2.05, 4.69) is 0 Å². The number of hydrogen-bond acceptors (Lipinski definition) is 2. The van der Waals surface area contributed by atoms with Crippen LogP contribution in [0.15, 0.2) is 11.8 Å². The van der Waals surface area contributed by atoms with Gasteiger partial charge in [0.1, 0.15) is 0 Å². The van der Waals surface area contributed by atoms with Gasteiger partial charge in [-0.1, -0.05) is 0 Å². The summed E-state index contributed by atoms with van der Waals surface area (Å²) in [4.78, 5) is 10.7. The van der Waals surface area contributed by atoms with Crippen molar-refractivity contribution in [1.82, 2.24) is 0 Å². The van der Waals surface area contributed by atoms with Crippen LogP contribution in [0, 0.1) is 5.92 Å². The van der Waals surface area contributed by atoms with E-state index in [1.807, 2.05) is 0 Å². The first-order chi connectivity index (χ1) is 4.75. The summed E-state index contributed by atoms with van der Waals surface area (Å²) in [6, 6.07) is 0. The Hall–Kier alpha value is -0.990. The Bertz CT molecular complexity index is 174. The summed E-state index contributed by atoms with van der Waals surface area (Å²) >= 11 is 0. The molecule has 3 heteroatoms. The Labute approximate surface area is 60.1 Å². The van der Waals surface area contributed by atoms with Crippen molar-refractivity contribution in [1.29, 1.82) is 0 Å². The van der Waals surface area contributed by atoms with E-state index in [0.29, 0.717) is 0 Å². The zero-order valence-corrected chi connectivity index (χ0v) is 5.84. The van der Waals surface area contributed by atoms with Gasteiger partial charge in [0.05, 0.1) is 5.92 Å². The molecule has 0 aromatic rings. The van der Waals surface area contributed by atoms with Gasteiger partial charge in [-0.2, -0.15) is 0 Å². The molecule has 1 atom stereocenters. The molecule has 1 unspecified atom stereocenters. The van der Waals surface area contributed by atoms with Crippen LogP contribution in [0.4, 0.5) is 0 Å². The van der Waals surface area contributed by atoms with Crippen LogP contribution in [0.1, 0.15) is 19.3 Å². The quantitative estimate of drug-likeness (QED) is 0.543. The highest BCUT2D eigenvalue weighted by atomic mass is 16.1. The first-order valence-electron chi connectivity index (χ1n) is 3.45. The van der Waals surface area contributed by atoms with E-state index in [9.17, 15) is 4.79 Å². The summed E-state index contributed by atoms with van der Waals surface area (Å²) < 4.78 is 0. The van der Waals surface area contributed by atoms with Gasteiger partial charge in [-0.05, 0) is 31.0 Å². The van der Waals surface area contributed by atoms with Gasteiger partial charge in [0.15, 0.2) is 0 Å². The third kappa shape index (κ3) is 1.12. The molecule has 0 bridgehead atoms. The second-order valence-corrected chi connectivity index (χ2v) is 2.59. The molecule has 0 saturated heterocycles. The topological polar surface area (TPSA) is 69.1 Å². The Balaban J connectivity index is 2.68. The molecule has 1 aliphatic rings. The van der Waals surface area contributed by atoms with Crippen molar-refractivity contribution in [2.75, 3.05) is 0 Å². The molecule has 1 rings (SSSR count). The smallest absolute Gasteiger partial charge is 0.224 e. The van der Waals surface area contributed by atoms with Gasteiger partial charge >= 0.3 is 0 Å². The minimum absolute atomic E-state index is 0.0787. The minimum atomic E-state index is -0.241. The number of carbonyl (C=O) groups excluding carboxylic acids is 1. The molecule has 1 aliphatic carbocycles. The lowest BCUT2D eigenvalue weighted by molar-refractivity contribution is -0.120. The van der Waals surface area contributed by atoms with E-state index in [-0.39, 0.29) is 11.8 Å². The van der Waals surface area contributed by atoms with E-state index in [1.165, 1.54) is 6.20 Å². The standard InChI is InChI=1S/C7H12N2O/c8-4-5-2-1-3-6(5)7(9)10/h4,6H,1-3,8H2,(H2,9,10). The fraction of sp³-hybridized carbons (Fsp3) is 0.571. The van der Waals surface area contributed by atoms with Crippen molar-refractivity contribution in [2.45, 2.75) is 19.3 Å². The molecule has 0 spiro atoms. The Morgan fingerprint density at radius 2 is 2.40 bits per heavy atom. The first-order valence-corrected chi connectivity index (χ1v) is 3.45. The van der Waals surface area contributed by atoms with Gasteiger partial charge in [0, 0.05) is 0 Å². The maximum atomic E-state index is 10.7. The number of carbonyl (C=O) groups is 1. The third-order valence-corrected chi connectivity index (χ3v) is 1.96. The maximum Gasteiger partial charge on any atom is 0.224 e. The molecule has 56 valence electrons. The number of amides is 1. The fourth-order valence-electron chi connectivity index (χ4n) is 1.39. The Morgan fingerprint density at radius 3 is 2.80 bits per heavy atom. The van der Waals surface area contributed by atoms with Gasteiger partial charge in [-0.3, -0.25) is 4.79 Å². The van der Waals surface area contributed by atoms with Crippen molar-refractivity contribution in [3.8, 4) is 0 Å². The highest BCUT2D eigenvalue weighted by molar-refractivity contribution is 5.80. The molecule has 0 aliphatic heterocycles. The van der Waals surface area contributed by atoms with Gasteiger partial charge in [0.2, 0.25) is 5.91 Å². The van der Waals surface area contributed by atoms with Crippen LogP contribution in [-0.2, 0) is 4.79 Å². The van der Waals surface area contributed by atoms with E-state index >= 15 is 0 Å². The zero-order valence-electron chi connectivity index (χ0n) is 5.84. The van der Waals surface area contributed by atoms with Crippen molar-refractivity contribution < 1.29 is 4.79 Å². The summed E-state index contributed by atoms with van der Waals surface area (Å²) in [5.74, 6) is -0.320. The van der Waals surface area contributed by atoms with Crippen molar-refractivity contribution in [2.24, 2.45) is 17.4 Å². The molecule has 1 saturated carbocycles. The van der Waals surface area contributed by atoms with Crippen molar-refractivity contribution in [3.63, 3.8) is 0 Å². The normalized spacial score (nSPS) is 29.2. The fourth-order valence-corrected chi connectivity index (χ4v) is 1.39. The number of hydrogen-bond donors (Lipinski definition) is 2. The van der Waals surface area contributed by atoms with E-state index in [1.54, 1.807) is 0 Å². The summed E-state index contributed by atoms with van der Waals surface area (Å²) in [5.41, 5.74) is 11.4. The summed E-state index contributed by atoms with van der Waals surface area (Å²) in [7, 11) is 0. The molecule has 4 N–H and O–H groups in total. The van der Waals surface area contributed by atoms with Crippen LogP contribution in [0.5, 0.6) is 0 Å². The minimum Gasteiger partial charge on any atom is -0.405 e. The van der Waals surface area contributed by atoms with Crippen molar-refractivity contribution in [3.05, 3.63) is 11.8 Å². The van der Waals surface area contributed by atoms with Crippen LogP contribution in [0.2, 0.25) is 0 Å². The van der Waals surface area contributed by atoms with Crippen molar-refractivity contribution >= 4 is 5.91 Å². The molecule has 10 heavy (non-hydrogen) atoms. The van der Waals surface area contributed by atoms with Gasteiger partial charge in [0.25, 0.3) is 0 Å². The van der Waals surface area contributed by atoms with E-state index in [0.717, 1.165) is 24.8 Å². The lowest BCUT2D eigenvalue weighted by Gasteiger charge is -2.04. The zero-order chi connectivity index (χ0) is 7.56. The summed E-state index contributed by atoms with van der Waals surface area (Å²) in [6.45, 7) is 0. The highest BCUT2D eigenvalue weighted by Gasteiger charge is 2.24. The van der Waals surface area contributed by atoms with Crippen LogP contribution in [-0.4, -0.2) is 5.91 Å². The monoisotopic (exact) mass is 140 g/mol. The van der Waals surface area contributed by atoms with E-state index in [4.69, 9.17) is 11.5 Å². The average molecular weight is 140 g/mol. The summed E-state index contributed by atoms with van der Waals surface area (Å²) in [6.07, 6.45) is 4.36. The summed E-state index contributed by atoms with van der Waals surface area (Å²) in [5, 5.41) is 0. The molecule has 0 radical (unpaired) electrons. The van der Waals surface area contributed by atoms with Gasteiger partial charge < -0.3 is 11.5 Å². The largest absolute Gasteiger partial charge is 0.405 e. The Morgan fingerprint density at radius 1 is 1.70 bits per heavy atom.